The number of aromatic hydroxyl groups is 1. The highest BCUT2D eigenvalue weighted by Crippen LogP contribution is 2.46. The van der Waals surface area contributed by atoms with E-state index in [2.05, 4.69) is 20.9 Å². The van der Waals surface area contributed by atoms with Gasteiger partial charge in [-0.25, -0.2) is 18.6 Å². The lowest BCUT2D eigenvalue weighted by molar-refractivity contribution is 0.0527. The van der Waals surface area contributed by atoms with E-state index in [0.29, 0.717) is 26.6 Å². The van der Waals surface area contributed by atoms with Gasteiger partial charge in [0.1, 0.15) is 5.75 Å². The van der Waals surface area contributed by atoms with Gasteiger partial charge in [0.2, 0.25) is 0 Å². The van der Waals surface area contributed by atoms with E-state index >= 15 is 0 Å². The predicted octanol–water partition coefficient (Wildman–Crippen LogP) is 5.45. The Kier molecular flexibility index (Phi) is 6.80. The van der Waals surface area contributed by atoms with E-state index in [1.54, 1.807) is 36.3 Å². The molecule has 1 aliphatic carbocycles. The summed E-state index contributed by atoms with van der Waals surface area (Å²) in [5.41, 5.74) is 1.86. The van der Waals surface area contributed by atoms with Crippen LogP contribution in [0.5, 0.6) is 5.75 Å². The minimum Gasteiger partial charge on any atom is -0.611 e. The number of ether oxygens (including phenoxy) is 1. The summed E-state index contributed by atoms with van der Waals surface area (Å²) < 4.78 is 50.3. The molecule has 11 heteroatoms. The Morgan fingerprint density at radius 2 is 2.08 bits per heavy atom. The largest absolute Gasteiger partial charge is 0.611 e. The Morgan fingerprint density at radius 3 is 2.72 bits per heavy atom. The number of phenolic OH excluding ortho intramolecular Hbond substituents is 1. The molecule has 0 amide bonds. The fourth-order valence-corrected chi connectivity index (χ4v) is 6.02. The van der Waals surface area contributed by atoms with Crippen LogP contribution in [0.1, 0.15) is 47.4 Å². The van der Waals surface area contributed by atoms with Gasteiger partial charge in [0.15, 0.2) is 22.3 Å². The lowest BCUT2D eigenvalue weighted by Gasteiger charge is -2.15. The first-order valence-corrected chi connectivity index (χ1v) is 13.4. The highest BCUT2D eigenvalue weighted by molar-refractivity contribution is 9.10. The van der Waals surface area contributed by atoms with E-state index in [9.17, 15) is 23.2 Å². The standard InChI is InChI=1S/C25H22BrF2N3O4S/c1-2-35-25(33)23-21(12-36(34)15-5-6-18(27)19(28)9-15)31(14-3-4-14)20-10-17(26)24(32)16(22(20)23)11-30-8-7-29-13-30/h5-10,13-14,32H,2-4,11-12H2,1H3. The molecule has 2 aromatic heterocycles. The number of imidazole rings is 1. The molecule has 2 aromatic carbocycles. The van der Waals surface area contributed by atoms with E-state index in [-0.39, 0.29) is 41.2 Å². The van der Waals surface area contributed by atoms with E-state index in [0.717, 1.165) is 25.0 Å². The second-order valence-electron chi connectivity index (χ2n) is 8.52. The average molecular weight is 578 g/mol. The van der Waals surface area contributed by atoms with Crippen LogP contribution < -0.4 is 0 Å². The summed E-state index contributed by atoms with van der Waals surface area (Å²) >= 11 is 1.65. The molecule has 1 fully saturated rings. The van der Waals surface area contributed by atoms with Crippen molar-refractivity contribution in [1.82, 2.24) is 14.1 Å². The Balaban J connectivity index is 1.74. The third-order valence-corrected chi connectivity index (χ3v) is 8.06. The normalized spacial score (nSPS) is 14.4. The zero-order valence-corrected chi connectivity index (χ0v) is 21.6. The van der Waals surface area contributed by atoms with Crippen molar-refractivity contribution in [2.75, 3.05) is 6.61 Å². The highest BCUT2D eigenvalue weighted by atomic mass is 79.9. The maximum atomic E-state index is 13.9. The first-order valence-electron chi connectivity index (χ1n) is 11.3. The fourth-order valence-electron chi connectivity index (χ4n) is 4.41. The van der Waals surface area contributed by atoms with Crippen LogP contribution in [0.15, 0.2) is 52.4 Å². The molecule has 0 saturated heterocycles. The molecular weight excluding hydrogens is 556 g/mol. The minimum atomic E-state index is -1.78. The molecule has 0 aliphatic heterocycles. The molecule has 1 atom stereocenters. The lowest BCUT2D eigenvalue weighted by Crippen LogP contribution is -2.15. The zero-order chi connectivity index (χ0) is 25.6. The third kappa shape index (κ3) is 4.51. The minimum absolute atomic E-state index is 0.0250. The van der Waals surface area contributed by atoms with Gasteiger partial charge in [0.25, 0.3) is 0 Å². The van der Waals surface area contributed by atoms with Crippen molar-refractivity contribution in [3.05, 3.63) is 75.9 Å². The second kappa shape index (κ2) is 9.87. The topological polar surface area (TPSA) is 92.3 Å². The second-order valence-corrected chi connectivity index (χ2v) is 10.8. The molecule has 7 nitrogen and oxygen atoms in total. The molecule has 0 bridgehead atoms. The van der Waals surface area contributed by atoms with E-state index < -0.39 is 28.8 Å². The van der Waals surface area contributed by atoms with Crippen LogP contribution in [0.25, 0.3) is 10.9 Å². The van der Waals surface area contributed by atoms with Crippen molar-refractivity contribution in [3.63, 3.8) is 0 Å². The quantitative estimate of drug-likeness (QED) is 0.222. The van der Waals surface area contributed by atoms with Crippen molar-refractivity contribution in [2.24, 2.45) is 0 Å². The van der Waals surface area contributed by atoms with Gasteiger partial charge in [-0.2, -0.15) is 0 Å². The number of fused-ring (bicyclic) bond motifs is 1. The van der Waals surface area contributed by atoms with Crippen molar-refractivity contribution in [1.29, 1.82) is 0 Å². The number of rotatable bonds is 8. The summed E-state index contributed by atoms with van der Waals surface area (Å²) in [6, 6.07) is 4.93. The summed E-state index contributed by atoms with van der Waals surface area (Å²) in [5, 5.41) is 11.5. The van der Waals surface area contributed by atoms with Crippen LogP contribution in [-0.2, 0) is 28.2 Å². The molecule has 5 rings (SSSR count). The van der Waals surface area contributed by atoms with E-state index in [1.165, 1.54) is 6.07 Å². The number of hydrogen-bond donors (Lipinski definition) is 1. The molecule has 1 N–H and O–H groups in total. The number of benzene rings is 2. The van der Waals surface area contributed by atoms with Crippen LogP contribution in [0.2, 0.25) is 0 Å². The molecule has 188 valence electrons. The molecule has 1 saturated carbocycles. The summed E-state index contributed by atoms with van der Waals surface area (Å²) in [4.78, 5) is 17.5. The smallest absolute Gasteiger partial charge is 0.340 e. The van der Waals surface area contributed by atoms with E-state index in [1.807, 2.05) is 4.57 Å². The summed E-state index contributed by atoms with van der Waals surface area (Å²) in [6.45, 7) is 2.05. The highest BCUT2D eigenvalue weighted by Gasteiger charge is 2.36. The Hall–Kier alpha value is -2.89. The van der Waals surface area contributed by atoms with Gasteiger partial charge < -0.3 is 23.5 Å². The molecule has 1 unspecified atom stereocenters. The number of hydrogen-bond acceptors (Lipinski definition) is 5. The molecule has 2 heterocycles. The SMILES string of the molecule is CCOC(=O)c1c(C[S+]([O-])c2ccc(F)c(F)c2)n(C2CC2)c2cc(Br)c(O)c(Cn3ccnc3)c12. The number of aromatic nitrogens is 3. The molecule has 1 aliphatic rings. The third-order valence-electron chi connectivity index (χ3n) is 6.14. The van der Waals surface area contributed by atoms with E-state index in [4.69, 9.17) is 4.74 Å². The first kappa shape index (κ1) is 24.8. The number of carbonyl (C=O) groups excluding carboxylic acids is 1. The molecule has 4 aromatic rings. The molecule has 0 spiro atoms. The molecule has 36 heavy (non-hydrogen) atoms. The molecular formula is C25H22BrF2N3O4S. The van der Waals surface area contributed by atoms with Crippen LogP contribution in [0.3, 0.4) is 0 Å². The van der Waals surface area contributed by atoms with Gasteiger partial charge in [-0.1, -0.05) is 0 Å². The number of carbonyl (C=O) groups is 1. The van der Waals surface area contributed by atoms with Crippen LogP contribution in [-0.4, -0.2) is 36.4 Å². The van der Waals surface area contributed by atoms with Crippen LogP contribution in [0, 0.1) is 11.6 Å². The maximum absolute atomic E-state index is 13.9. The van der Waals surface area contributed by atoms with Crippen LogP contribution >= 0.6 is 15.9 Å². The predicted molar refractivity (Wildman–Crippen MR) is 133 cm³/mol. The Labute approximate surface area is 217 Å². The van der Waals surface area contributed by atoms with Gasteiger partial charge in [-0.3, -0.25) is 0 Å². The number of nitrogens with zero attached hydrogens (tertiary/aromatic N) is 3. The van der Waals surface area contributed by atoms with Gasteiger partial charge >= 0.3 is 5.97 Å². The average Bonchev–Trinajstić information content (AvgIpc) is 3.45. The van der Waals surface area contributed by atoms with Crippen molar-refractivity contribution in [3.8, 4) is 5.75 Å². The van der Waals surface area contributed by atoms with Gasteiger partial charge in [-0.15, -0.1) is 0 Å². The first-order chi connectivity index (χ1) is 17.3. The number of esters is 1. The zero-order valence-electron chi connectivity index (χ0n) is 19.2. The number of halogens is 3. The van der Waals surface area contributed by atoms with Gasteiger partial charge in [0.05, 0.1) is 40.7 Å². The van der Waals surface area contributed by atoms with Crippen molar-refractivity contribution < 1.29 is 28.0 Å². The maximum Gasteiger partial charge on any atom is 0.340 e. The molecule has 0 radical (unpaired) electrons. The lowest BCUT2D eigenvalue weighted by atomic mass is 10.0. The summed E-state index contributed by atoms with van der Waals surface area (Å²) in [6.07, 6.45) is 6.70. The fraction of sp³-hybridized carbons (Fsp3) is 0.280. The van der Waals surface area contributed by atoms with Gasteiger partial charge in [-0.05, 0) is 65.1 Å². The number of phenols is 1. The monoisotopic (exact) mass is 577 g/mol. The summed E-state index contributed by atoms with van der Waals surface area (Å²) in [5.74, 6) is -2.87. The van der Waals surface area contributed by atoms with Crippen molar-refractivity contribution >= 4 is 44.0 Å². The Morgan fingerprint density at radius 1 is 1.31 bits per heavy atom. The van der Waals surface area contributed by atoms with Gasteiger partial charge in [0, 0.05) is 35.5 Å². The Bertz CT molecular complexity index is 1450. The van der Waals surface area contributed by atoms with Crippen LogP contribution in [0.4, 0.5) is 8.78 Å². The van der Waals surface area contributed by atoms with Crippen molar-refractivity contribution in [2.45, 2.75) is 43.0 Å². The summed E-state index contributed by atoms with van der Waals surface area (Å²) in [7, 11) is 0.